The number of hydrogen-bond donors (Lipinski definition) is 2. The number of hydrogen-bond acceptors (Lipinski definition) is 5. The Bertz CT molecular complexity index is 869. The Morgan fingerprint density at radius 1 is 1.42 bits per heavy atom. The van der Waals surface area contributed by atoms with Crippen LogP contribution in [0.1, 0.15) is 37.0 Å². The topological polar surface area (TPSA) is 104 Å². The van der Waals surface area contributed by atoms with Gasteiger partial charge in [0.2, 0.25) is 11.8 Å². The lowest BCUT2D eigenvalue weighted by atomic mass is 10.1. The maximum Gasteiger partial charge on any atom is 0.252 e. The van der Waals surface area contributed by atoms with E-state index in [1.807, 2.05) is 0 Å². The molecule has 26 heavy (non-hydrogen) atoms. The van der Waals surface area contributed by atoms with Crippen molar-refractivity contribution in [1.82, 2.24) is 10.3 Å². The molecular formula is C18H20FN3O4. The third-order valence-electron chi connectivity index (χ3n) is 4.04. The van der Waals surface area contributed by atoms with E-state index in [9.17, 15) is 14.0 Å². The summed E-state index contributed by atoms with van der Waals surface area (Å²) in [6, 6.07) is 2.74. The summed E-state index contributed by atoms with van der Waals surface area (Å²) in [7, 11) is 0. The molecule has 3 N–H and O–H groups in total. The lowest BCUT2D eigenvalue weighted by molar-refractivity contribution is -0.119. The molecule has 0 spiro atoms. The van der Waals surface area contributed by atoms with Crippen molar-refractivity contribution in [2.45, 2.75) is 38.8 Å². The molecule has 1 aliphatic rings. The number of nitrogens with one attached hydrogen (secondary N) is 1. The maximum absolute atomic E-state index is 14.2. The molecule has 2 aromatic rings. The Balaban J connectivity index is 1.99. The molecule has 8 heteroatoms. The molecule has 1 saturated heterocycles. The molecule has 1 aliphatic heterocycles. The number of pyridine rings is 1. The summed E-state index contributed by atoms with van der Waals surface area (Å²) in [6.07, 6.45) is 1.95. The Morgan fingerprint density at radius 3 is 2.81 bits per heavy atom. The SMILES string of the molecule is CC(C)Oc1cc2c(OCC3CCC(=O)N3)ncc(F)c2cc1C(N)=O. The maximum atomic E-state index is 14.2. The number of ether oxygens (including phenoxy) is 2. The summed E-state index contributed by atoms with van der Waals surface area (Å²) in [5, 5.41) is 3.33. The van der Waals surface area contributed by atoms with Crippen molar-refractivity contribution in [3.63, 3.8) is 0 Å². The van der Waals surface area contributed by atoms with Gasteiger partial charge in [-0.2, -0.15) is 0 Å². The fraction of sp³-hybridized carbons (Fsp3) is 0.389. The van der Waals surface area contributed by atoms with Gasteiger partial charge in [-0.3, -0.25) is 9.59 Å². The number of nitrogens with two attached hydrogens (primary N) is 1. The zero-order valence-electron chi connectivity index (χ0n) is 14.5. The van der Waals surface area contributed by atoms with Gasteiger partial charge in [0, 0.05) is 11.8 Å². The number of fused-ring (bicyclic) bond motifs is 1. The largest absolute Gasteiger partial charge is 0.490 e. The Hall–Kier alpha value is -2.90. The second kappa shape index (κ2) is 7.15. The minimum absolute atomic E-state index is 0.0192. The minimum Gasteiger partial charge on any atom is -0.490 e. The summed E-state index contributed by atoms with van der Waals surface area (Å²) in [4.78, 5) is 27.0. The van der Waals surface area contributed by atoms with Gasteiger partial charge >= 0.3 is 0 Å². The molecule has 2 heterocycles. The monoisotopic (exact) mass is 361 g/mol. The normalized spacial score (nSPS) is 16.8. The first-order valence-corrected chi connectivity index (χ1v) is 8.36. The van der Waals surface area contributed by atoms with Crippen LogP contribution in [0.5, 0.6) is 11.6 Å². The van der Waals surface area contributed by atoms with Crippen molar-refractivity contribution in [3.8, 4) is 11.6 Å². The van der Waals surface area contributed by atoms with Gasteiger partial charge < -0.3 is 20.5 Å². The number of nitrogens with zero attached hydrogens (tertiary/aromatic N) is 1. The summed E-state index contributed by atoms with van der Waals surface area (Å²) in [5.74, 6) is -0.886. The van der Waals surface area contributed by atoms with Crippen LogP contribution in [0.4, 0.5) is 4.39 Å². The smallest absolute Gasteiger partial charge is 0.252 e. The van der Waals surface area contributed by atoms with Gasteiger partial charge in [-0.25, -0.2) is 9.37 Å². The van der Waals surface area contributed by atoms with E-state index in [1.165, 1.54) is 12.1 Å². The van der Waals surface area contributed by atoms with E-state index < -0.39 is 11.7 Å². The molecule has 1 aromatic carbocycles. The number of carbonyl (C=O) groups is 2. The van der Waals surface area contributed by atoms with Gasteiger partial charge in [-0.1, -0.05) is 0 Å². The molecule has 2 amide bonds. The van der Waals surface area contributed by atoms with Crippen LogP contribution in [0.15, 0.2) is 18.3 Å². The Labute approximate surface area is 149 Å². The first-order chi connectivity index (χ1) is 12.3. The van der Waals surface area contributed by atoms with Crippen molar-refractivity contribution in [1.29, 1.82) is 0 Å². The number of rotatable bonds is 6. The highest BCUT2D eigenvalue weighted by atomic mass is 19.1. The molecule has 7 nitrogen and oxygen atoms in total. The van der Waals surface area contributed by atoms with Crippen molar-refractivity contribution in [2.75, 3.05) is 6.61 Å². The van der Waals surface area contributed by atoms with E-state index in [2.05, 4.69) is 10.3 Å². The molecule has 0 radical (unpaired) electrons. The second-order valence-corrected chi connectivity index (χ2v) is 6.45. The average Bonchev–Trinajstić information content (AvgIpc) is 2.98. The van der Waals surface area contributed by atoms with E-state index in [4.69, 9.17) is 15.2 Å². The first kappa shape index (κ1) is 17.9. The number of carbonyl (C=O) groups excluding carboxylic acids is 2. The molecule has 3 rings (SSSR count). The van der Waals surface area contributed by atoms with E-state index in [0.29, 0.717) is 18.2 Å². The van der Waals surface area contributed by atoms with Crippen molar-refractivity contribution in [2.24, 2.45) is 5.73 Å². The summed E-state index contributed by atoms with van der Waals surface area (Å²) < 4.78 is 25.6. The van der Waals surface area contributed by atoms with Crippen LogP contribution in [0.2, 0.25) is 0 Å². The van der Waals surface area contributed by atoms with Gasteiger partial charge in [0.05, 0.1) is 29.3 Å². The van der Waals surface area contributed by atoms with Gasteiger partial charge in [-0.05, 0) is 32.4 Å². The molecule has 1 fully saturated rings. The predicted molar refractivity (Wildman–Crippen MR) is 92.6 cm³/mol. The molecule has 0 saturated carbocycles. The number of primary amides is 1. The highest BCUT2D eigenvalue weighted by molar-refractivity contribution is 6.01. The van der Waals surface area contributed by atoms with Gasteiger partial charge in [0.15, 0.2) is 0 Å². The van der Waals surface area contributed by atoms with Crippen molar-refractivity contribution in [3.05, 3.63) is 29.7 Å². The molecule has 138 valence electrons. The first-order valence-electron chi connectivity index (χ1n) is 8.36. The molecule has 0 aliphatic carbocycles. The molecule has 0 bridgehead atoms. The average molecular weight is 361 g/mol. The van der Waals surface area contributed by atoms with Crippen LogP contribution in [0.25, 0.3) is 10.8 Å². The highest BCUT2D eigenvalue weighted by Gasteiger charge is 2.23. The zero-order valence-corrected chi connectivity index (χ0v) is 14.5. The van der Waals surface area contributed by atoms with E-state index in [-0.39, 0.29) is 47.2 Å². The van der Waals surface area contributed by atoms with E-state index in [1.54, 1.807) is 13.8 Å². The number of halogens is 1. The van der Waals surface area contributed by atoms with Gasteiger partial charge in [0.25, 0.3) is 5.91 Å². The third kappa shape index (κ3) is 3.68. The number of aromatic nitrogens is 1. The fourth-order valence-electron chi connectivity index (χ4n) is 2.85. The number of benzene rings is 1. The van der Waals surface area contributed by atoms with E-state index >= 15 is 0 Å². The Morgan fingerprint density at radius 2 is 2.19 bits per heavy atom. The van der Waals surface area contributed by atoms with Gasteiger partial charge in [0.1, 0.15) is 18.2 Å². The van der Waals surface area contributed by atoms with Crippen molar-refractivity contribution >= 4 is 22.6 Å². The molecule has 1 unspecified atom stereocenters. The zero-order chi connectivity index (χ0) is 18.8. The van der Waals surface area contributed by atoms with Crippen LogP contribution < -0.4 is 20.5 Å². The predicted octanol–water partition coefficient (Wildman–Crippen LogP) is 1.92. The van der Waals surface area contributed by atoms with Crippen LogP contribution in [-0.4, -0.2) is 35.6 Å². The lowest BCUT2D eigenvalue weighted by Gasteiger charge is -2.16. The fourth-order valence-corrected chi connectivity index (χ4v) is 2.85. The van der Waals surface area contributed by atoms with Crippen LogP contribution in [0.3, 0.4) is 0 Å². The molecule has 1 atom stereocenters. The second-order valence-electron chi connectivity index (χ2n) is 6.45. The summed E-state index contributed by atoms with van der Waals surface area (Å²) in [6.45, 7) is 3.83. The lowest BCUT2D eigenvalue weighted by Crippen LogP contribution is -2.31. The standard InChI is InChI=1S/C18H20FN3O4/c1-9(2)26-15-6-12-11(5-13(15)17(20)24)14(19)7-21-18(12)25-8-10-3-4-16(23)22-10/h5-7,9-10H,3-4,8H2,1-2H3,(H2,20,24)(H,22,23). The highest BCUT2D eigenvalue weighted by Crippen LogP contribution is 2.33. The quantitative estimate of drug-likeness (QED) is 0.818. The van der Waals surface area contributed by atoms with Crippen molar-refractivity contribution < 1.29 is 23.5 Å². The van der Waals surface area contributed by atoms with Crippen LogP contribution in [-0.2, 0) is 4.79 Å². The van der Waals surface area contributed by atoms with E-state index in [0.717, 1.165) is 6.20 Å². The Kier molecular flexibility index (Phi) is 4.92. The number of amides is 2. The van der Waals surface area contributed by atoms with Gasteiger partial charge in [-0.15, -0.1) is 0 Å². The summed E-state index contributed by atoms with van der Waals surface area (Å²) in [5.41, 5.74) is 5.48. The van der Waals surface area contributed by atoms with Crippen LogP contribution >= 0.6 is 0 Å². The molecular weight excluding hydrogens is 341 g/mol. The van der Waals surface area contributed by atoms with Crippen LogP contribution in [0, 0.1) is 5.82 Å². The third-order valence-corrected chi connectivity index (χ3v) is 4.04. The minimum atomic E-state index is -0.713. The molecule has 1 aromatic heterocycles. The summed E-state index contributed by atoms with van der Waals surface area (Å²) >= 11 is 0.